The summed E-state index contributed by atoms with van der Waals surface area (Å²) >= 11 is 6.04. The van der Waals surface area contributed by atoms with Crippen LogP contribution in [0.15, 0.2) is 60.7 Å². The highest BCUT2D eigenvalue weighted by atomic mass is 35.5. The predicted octanol–water partition coefficient (Wildman–Crippen LogP) is 6.48. The van der Waals surface area contributed by atoms with E-state index in [1.165, 1.54) is 12.1 Å². The van der Waals surface area contributed by atoms with E-state index >= 15 is 0 Å². The number of ketones is 1. The maximum atomic E-state index is 13.3. The van der Waals surface area contributed by atoms with Crippen LogP contribution in [0.5, 0.6) is 17.2 Å². The minimum atomic E-state index is -4.85. The molecule has 1 aliphatic heterocycles. The Morgan fingerprint density at radius 3 is 2.52 bits per heavy atom. The van der Waals surface area contributed by atoms with Crippen LogP contribution >= 0.6 is 11.6 Å². The summed E-state index contributed by atoms with van der Waals surface area (Å²) in [5.41, 5.74) is 1.53. The Kier molecular flexibility index (Phi) is 5.24. The van der Waals surface area contributed by atoms with E-state index in [0.717, 1.165) is 5.56 Å². The first-order valence-electron chi connectivity index (χ1n) is 10.3. The van der Waals surface area contributed by atoms with Crippen LogP contribution in [0.3, 0.4) is 0 Å². The zero-order chi connectivity index (χ0) is 23.2. The van der Waals surface area contributed by atoms with E-state index in [9.17, 15) is 18.0 Å². The third-order valence-corrected chi connectivity index (χ3v) is 6.21. The van der Waals surface area contributed by atoms with E-state index in [4.69, 9.17) is 21.1 Å². The number of halogens is 4. The lowest BCUT2D eigenvalue weighted by Crippen LogP contribution is -2.22. The second-order valence-corrected chi connectivity index (χ2v) is 8.58. The number of alkyl halides is 3. The van der Waals surface area contributed by atoms with Crippen molar-refractivity contribution in [3.63, 3.8) is 0 Å². The molecule has 170 valence electrons. The number of benzene rings is 3. The van der Waals surface area contributed by atoms with Crippen LogP contribution in [0.1, 0.15) is 24.0 Å². The first kappa shape index (κ1) is 21.6. The van der Waals surface area contributed by atoms with Gasteiger partial charge in [0.2, 0.25) is 6.79 Å². The quantitative estimate of drug-likeness (QED) is 0.410. The van der Waals surface area contributed by atoms with Crippen molar-refractivity contribution < 1.29 is 32.2 Å². The van der Waals surface area contributed by atoms with Gasteiger partial charge in [-0.2, -0.15) is 0 Å². The van der Waals surface area contributed by atoms with Gasteiger partial charge in [-0.25, -0.2) is 0 Å². The van der Waals surface area contributed by atoms with Gasteiger partial charge in [0.25, 0.3) is 0 Å². The summed E-state index contributed by atoms with van der Waals surface area (Å²) in [4.78, 5) is 13.3. The highest BCUT2D eigenvalue weighted by Gasteiger charge is 2.50. The summed E-state index contributed by atoms with van der Waals surface area (Å²) < 4.78 is 53.9. The first-order valence-corrected chi connectivity index (χ1v) is 10.7. The van der Waals surface area contributed by atoms with Crippen LogP contribution in [0.2, 0.25) is 5.02 Å². The number of carbonyl (C=O) groups is 1. The Hall–Kier alpha value is -3.19. The van der Waals surface area contributed by atoms with Gasteiger partial charge in [0.05, 0.1) is 5.41 Å². The molecule has 2 aliphatic rings. The number of hydrogen-bond acceptors (Lipinski definition) is 4. The van der Waals surface area contributed by atoms with Crippen molar-refractivity contribution >= 4 is 17.4 Å². The maximum absolute atomic E-state index is 13.3. The Morgan fingerprint density at radius 2 is 1.79 bits per heavy atom. The Labute approximate surface area is 192 Å². The van der Waals surface area contributed by atoms with Crippen molar-refractivity contribution in [2.45, 2.75) is 31.0 Å². The first-order chi connectivity index (χ1) is 15.7. The van der Waals surface area contributed by atoms with Gasteiger partial charge < -0.3 is 14.2 Å². The molecule has 0 radical (unpaired) electrons. The molecule has 33 heavy (non-hydrogen) atoms. The molecule has 1 fully saturated rings. The molecule has 5 rings (SSSR count). The minimum Gasteiger partial charge on any atom is -0.454 e. The van der Waals surface area contributed by atoms with Crippen molar-refractivity contribution in [3.8, 4) is 28.4 Å². The molecule has 4 nitrogen and oxygen atoms in total. The van der Waals surface area contributed by atoms with Crippen LogP contribution in [0.4, 0.5) is 13.2 Å². The van der Waals surface area contributed by atoms with Crippen molar-refractivity contribution in [2.24, 2.45) is 0 Å². The van der Waals surface area contributed by atoms with E-state index < -0.39 is 11.8 Å². The van der Waals surface area contributed by atoms with Crippen molar-refractivity contribution in [2.75, 3.05) is 6.79 Å². The van der Waals surface area contributed by atoms with E-state index in [0.29, 0.717) is 40.5 Å². The fraction of sp³-hybridized carbons (Fsp3) is 0.240. The molecule has 1 saturated carbocycles. The Morgan fingerprint density at radius 1 is 1.00 bits per heavy atom. The molecule has 0 amide bonds. The molecule has 0 aromatic heterocycles. The number of ether oxygens (including phenoxy) is 3. The van der Waals surface area contributed by atoms with Gasteiger partial charge in [0.1, 0.15) is 11.5 Å². The topological polar surface area (TPSA) is 44.8 Å². The monoisotopic (exact) mass is 474 g/mol. The molecule has 0 unspecified atom stereocenters. The van der Waals surface area contributed by atoms with Crippen molar-refractivity contribution in [3.05, 3.63) is 76.8 Å². The molecule has 0 N–H and O–H groups in total. The number of hydrogen-bond donors (Lipinski definition) is 0. The fourth-order valence-electron chi connectivity index (χ4n) is 4.18. The Bertz CT molecular complexity index is 1230. The van der Waals surface area contributed by atoms with Crippen LogP contribution in [0.25, 0.3) is 11.1 Å². The second kappa shape index (κ2) is 7.99. The summed E-state index contributed by atoms with van der Waals surface area (Å²) in [5, 5.41) is 0.381. The third-order valence-electron chi connectivity index (χ3n) is 5.98. The smallest absolute Gasteiger partial charge is 0.454 e. The normalized spacial score (nSPS) is 15.9. The molecule has 1 heterocycles. The Balaban J connectivity index is 1.45. The van der Waals surface area contributed by atoms with Gasteiger partial charge in [-0.3, -0.25) is 4.79 Å². The maximum Gasteiger partial charge on any atom is 0.573 e. The number of carbonyl (C=O) groups excluding carboxylic acids is 1. The van der Waals surface area contributed by atoms with E-state index in [1.807, 2.05) is 12.1 Å². The van der Waals surface area contributed by atoms with E-state index in [1.54, 1.807) is 36.4 Å². The van der Waals surface area contributed by atoms with Gasteiger partial charge in [0.15, 0.2) is 11.5 Å². The molecule has 0 spiro atoms. The lowest BCUT2D eigenvalue weighted by Gasteiger charge is -2.17. The lowest BCUT2D eigenvalue weighted by atomic mass is 9.87. The fourth-order valence-corrected chi connectivity index (χ4v) is 4.37. The highest BCUT2D eigenvalue weighted by Crippen LogP contribution is 2.51. The van der Waals surface area contributed by atoms with Gasteiger partial charge in [-0.15, -0.1) is 13.2 Å². The molecular formula is C25H18ClF3O4. The standard InChI is InChI=1S/C25H18ClF3O4/c26-18-3-1-2-16(12-18)19-10-15(4-6-20(19)33-25(27,28)29)11-23(30)24(8-9-24)17-5-7-21-22(13-17)32-14-31-21/h1-7,10,12-13H,8-9,11,14H2. The zero-order valence-corrected chi connectivity index (χ0v) is 18.0. The van der Waals surface area contributed by atoms with Crippen LogP contribution < -0.4 is 14.2 Å². The summed E-state index contributed by atoms with van der Waals surface area (Å²) in [7, 11) is 0. The van der Waals surface area contributed by atoms with Crippen molar-refractivity contribution in [1.29, 1.82) is 0 Å². The van der Waals surface area contributed by atoms with E-state index in [2.05, 4.69) is 4.74 Å². The lowest BCUT2D eigenvalue weighted by molar-refractivity contribution is -0.274. The van der Waals surface area contributed by atoms with Crippen LogP contribution in [-0.2, 0) is 16.6 Å². The highest BCUT2D eigenvalue weighted by molar-refractivity contribution is 6.30. The van der Waals surface area contributed by atoms with Gasteiger partial charge >= 0.3 is 6.36 Å². The van der Waals surface area contributed by atoms with Gasteiger partial charge in [0, 0.05) is 17.0 Å². The summed E-state index contributed by atoms with van der Waals surface area (Å²) in [6.45, 7) is 0.151. The largest absolute Gasteiger partial charge is 0.573 e. The van der Waals surface area contributed by atoms with Gasteiger partial charge in [-0.1, -0.05) is 35.9 Å². The summed E-state index contributed by atoms with van der Waals surface area (Å²) in [6, 6.07) is 16.3. The van der Waals surface area contributed by atoms with Crippen LogP contribution in [-0.4, -0.2) is 18.9 Å². The molecule has 3 aromatic rings. The number of rotatable bonds is 6. The van der Waals surface area contributed by atoms with Crippen LogP contribution in [0, 0.1) is 0 Å². The minimum absolute atomic E-state index is 0.00268. The molecular weight excluding hydrogens is 457 g/mol. The molecule has 3 aromatic carbocycles. The molecule has 0 saturated heterocycles. The predicted molar refractivity (Wildman–Crippen MR) is 116 cm³/mol. The summed E-state index contributed by atoms with van der Waals surface area (Å²) in [6.07, 6.45) is -3.35. The number of Topliss-reactive ketones (excluding diaryl/α,β-unsaturated/α-hetero) is 1. The molecule has 0 bridgehead atoms. The van der Waals surface area contributed by atoms with E-state index in [-0.39, 0.29) is 30.3 Å². The second-order valence-electron chi connectivity index (χ2n) is 8.14. The SMILES string of the molecule is O=C(Cc1ccc(OC(F)(F)F)c(-c2cccc(Cl)c2)c1)C1(c2ccc3c(c2)OCO3)CC1. The molecule has 1 aliphatic carbocycles. The zero-order valence-electron chi connectivity index (χ0n) is 17.2. The van der Waals surface area contributed by atoms with Gasteiger partial charge in [-0.05, 0) is 65.9 Å². The number of fused-ring (bicyclic) bond motifs is 1. The average Bonchev–Trinajstić information content (AvgIpc) is 3.45. The molecule has 0 atom stereocenters. The summed E-state index contributed by atoms with van der Waals surface area (Å²) in [5.74, 6) is 0.914. The van der Waals surface area contributed by atoms with Crippen molar-refractivity contribution in [1.82, 2.24) is 0 Å². The third kappa shape index (κ3) is 4.37. The molecule has 8 heteroatoms. The average molecular weight is 475 g/mol.